The van der Waals surface area contributed by atoms with Gasteiger partial charge in [0.2, 0.25) is 11.8 Å². The van der Waals surface area contributed by atoms with Gasteiger partial charge in [0.05, 0.1) is 15.8 Å². The van der Waals surface area contributed by atoms with Gasteiger partial charge in [-0.1, -0.05) is 42.5 Å². The van der Waals surface area contributed by atoms with Gasteiger partial charge in [-0.05, 0) is 37.8 Å². The summed E-state index contributed by atoms with van der Waals surface area (Å²) in [6, 6.07) is 14.5. The number of nitrogens with two attached hydrogens (primary N) is 1. The maximum absolute atomic E-state index is 13.2. The zero-order chi connectivity index (χ0) is 23.3. The molecule has 0 saturated carbocycles. The second-order valence-electron chi connectivity index (χ2n) is 8.24. The number of nitrogens with one attached hydrogen (secondary N) is 1. The standard InChI is InChI=1S/C23H28N4O4S/c1-23(2)26(22(29)19(24)14-17-6-4-3-5-7-17)20(15-32-23)21(28)25-13-12-16-8-10-18(11-9-16)27(30)31/h3-11,19-20H,12-15,24H2,1-2H3,(H,25,28)/t19-,20+/m0/s1. The van der Waals surface area contributed by atoms with Crippen molar-refractivity contribution in [3.05, 3.63) is 75.8 Å². The van der Waals surface area contributed by atoms with Gasteiger partial charge in [0.15, 0.2) is 0 Å². The summed E-state index contributed by atoms with van der Waals surface area (Å²) in [6.07, 6.45) is 0.944. The number of hydrogen-bond donors (Lipinski definition) is 2. The van der Waals surface area contributed by atoms with Crippen molar-refractivity contribution in [2.45, 2.75) is 43.6 Å². The molecule has 0 unspecified atom stereocenters. The van der Waals surface area contributed by atoms with Crippen LogP contribution in [0.2, 0.25) is 0 Å². The maximum Gasteiger partial charge on any atom is 0.269 e. The third-order valence-electron chi connectivity index (χ3n) is 5.50. The highest BCUT2D eigenvalue weighted by Gasteiger charge is 2.47. The van der Waals surface area contributed by atoms with Crippen LogP contribution in [0.3, 0.4) is 0 Å². The molecule has 170 valence electrons. The van der Waals surface area contributed by atoms with E-state index in [2.05, 4.69) is 5.32 Å². The highest BCUT2D eigenvalue weighted by atomic mass is 32.2. The Balaban J connectivity index is 1.60. The molecule has 3 rings (SSSR count). The molecule has 1 fully saturated rings. The van der Waals surface area contributed by atoms with Crippen molar-refractivity contribution in [3.8, 4) is 0 Å². The van der Waals surface area contributed by atoms with Gasteiger partial charge in [-0.15, -0.1) is 11.8 Å². The van der Waals surface area contributed by atoms with Gasteiger partial charge in [-0.25, -0.2) is 0 Å². The van der Waals surface area contributed by atoms with E-state index in [1.807, 2.05) is 44.2 Å². The van der Waals surface area contributed by atoms with E-state index >= 15 is 0 Å². The lowest BCUT2D eigenvalue weighted by atomic mass is 10.0. The molecule has 0 aromatic heterocycles. The number of thioether (sulfide) groups is 1. The lowest BCUT2D eigenvalue weighted by molar-refractivity contribution is -0.384. The average Bonchev–Trinajstić information content (AvgIpc) is 3.09. The summed E-state index contributed by atoms with van der Waals surface area (Å²) in [5.41, 5.74) is 8.13. The molecule has 1 aliphatic heterocycles. The number of benzene rings is 2. The monoisotopic (exact) mass is 456 g/mol. The van der Waals surface area contributed by atoms with Crippen LogP contribution in [-0.2, 0) is 22.4 Å². The fraction of sp³-hybridized carbons (Fsp3) is 0.391. The van der Waals surface area contributed by atoms with Crippen molar-refractivity contribution in [3.63, 3.8) is 0 Å². The van der Waals surface area contributed by atoms with Crippen molar-refractivity contribution in [1.82, 2.24) is 10.2 Å². The summed E-state index contributed by atoms with van der Waals surface area (Å²) < 4.78 is 0. The lowest BCUT2D eigenvalue weighted by Gasteiger charge is -2.36. The van der Waals surface area contributed by atoms with Crippen molar-refractivity contribution in [1.29, 1.82) is 0 Å². The van der Waals surface area contributed by atoms with Crippen molar-refractivity contribution >= 4 is 29.3 Å². The third-order valence-corrected chi connectivity index (χ3v) is 6.89. The van der Waals surface area contributed by atoms with Crippen LogP contribution in [0.5, 0.6) is 0 Å². The molecule has 3 N–H and O–H groups in total. The highest BCUT2D eigenvalue weighted by Crippen LogP contribution is 2.39. The Morgan fingerprint density at radius 2 is 1.84 bits per heavy atom. The number of carbonyl (C=O) groups is 2. The molecular formula is C23H28N4O4S. The topological polar surface area (TPSA) is 119 Å². The molecule has 32 heavy (non-hydrogen) atoms. The van der Waals surface area contributed by atoms with Crippen molar-refractivity contribution in [2.75, 3.05) is 12.3 Å². The number of nitrogens with zero attached hydrogens (tertiary/aromatic N) is 2. The SMILES string of the molecule is CC1(C)SC[C@H](C(=O)NCCc2ccc([N+](=O)[O-])cc2)N1C(=O)[C@@H](N)Cc1ccccc1. The van der Waals surface area contributed by atoms with E-state index in [-0.39, 0.29) is 17.5 Å². The van der Waals surface area contributed by atoms with E-state index in [1.54, 1.807) is 28.8 Å². The predicted molar refractivity (Wildman–Crippen MR) is 125 cm³/mol. The molecule has 0 bridgehead atoms. The number of amides is 2. The van der Waals surface area contributed by atoms with Crippen LogP contribution in [0, 0.1) is 10.1 Å². The van der Waals surface area contributed by atoms with E-state index in [0.717, 1.165) is 11.1 Å². The fourth-order valence-electron chi connectivity index (χ4n) is 3.78. The molecular weight excluding hydrogens is 428 g/mol. The molecule has 2 aromatic carbocycles. The first-order valence-electron chi connectivity index (χ1n) is 10.5. The predicted octanol–water partition coefficient (Wildman–Crippen LogP) is 2.50. The molecule has 1 heterocycles. The molecule has 0 radical (unpaired) electrons. The molecule has 2 aromatic rings. The first-order chi connectivity index (χ1) is 15.2. The van der Waals surface area contributed by atoms with Gasteiger partial charge in [-0.3, -0.25) is 19.7 Å². The Hall–Kier alpha value is -2.91. The summed E-state index contributed by atoms with van der Waals surface area (Å²) >= 11 is 1.56. The Morgan fingerprint density at radius 1 is 1.19 bits per heavy atom. The molecule has 1 saturated heterocycles. The molecule has 0 aliphatic carbocycles. The van der Waals surface area contributed by atoms with Crippen LogP contribution in [0.4, 0.5) is 5.69 Å². The first kappa shape index (κ1) is 23.7. The smallest absolute Gasteiger partial charge is 0.269 e. The number of nitro groups is 1. The third kappa shape index (κ3) is 5.66. The van der Waals surface area contributed by atoms with Gasteiger partial charge in [-0.2, -0.15) is 0 Å². The Kier molecular flexibility index (Phi) is 7.52. The van der Waals surface area contributed by atoms with E-state index in [9.17, 15) is 19.7 Å². The highest BCUT2D eigenvalue weighted by molar-refractivity contribution is 8.00. The lowest BCUT2D eigenvalue weighted by Crippen LogP contribution is -2.57. The largest absolute Gasteiger partial charge is 0.354 e. The quantitative estimate of drug-likeness (QED) is 0.465. The minimum Gasteiger partial charge on any atom is -0.354 e. The van der Waals surface area contributed by atoms with Crippen LogP contribution in [-0.4, -0.2) is 50.9 Å². The number of carbonyl (C=O) groups excluding carboxylic acids is 2. The second kappa shape index (κ2) is 10.1. The second-order valence-corrected chi connectivity index (χ2v) is 9.86. The van der Waals surface area contributed by atoms with Gasteiger partial charge < -0.3 is 16.0 Å². The van der Waals surface area contributed by atoms with Gasteiger partial charge in [0.1, 0.15) is 6.04 Å². The Labute approximate surface area is 191 Å². The minimum absolute atomic E-state index is 0.0315. The molecule has 9 heteroatoms. The van der Waals surface area contributed by atoms with E-state index in [0.29, 0.717) is 25.1 Å². The average molecular weight is 457 g/mol. The van der Waals surface area contributed by atoms with Crippen LogP contribution in [0.1, 0.15) is 25.0 Å². The summed E-state index contributed by atoms with van der Waals surface area (Å²) in [5.74, 6) is 0.0461. The van der Waals surface area contributed by atoms with Gasteiger partial charge in [0, 0.05) is 24.4 Å². The maximum atomic E-state index is 13.2. The Bertz CT molecular complexity index is 966. The molecule has 8 nitrogen and oxygen atoms in total. The molecule has 2 atom stereocenters. The summed E-state index contributed by atoms with van der Waals surface area (Å²) in [5, 5.41) is 13.7. The minimum atomic E-state index is -0.731. The number of nitro benzene ring substituents is 1. The van der Waals surface area contributed by atoms with Crippen LogP contribution < -0.4 is 11.1 Å². The summed E-state index contributed by atoms with van der Waals surface area (Å²) in [7, 11) is 0. The summed E-state index contributed by atoms with van der Waals surface area (Å²) in [6.45, 7) is 4.22. The van der Waals surface area contributed by atoms with Crippen molar-refractivity contribution < 1.29 is 14.5 Å². The number of non-ortho nitro benzene ring substituents is 1. The number of hydrogen-bond acceptors (Lipinski definition) is 6. The zero-order valence-corrected chi connectivity index (χ0v) is 19.0. The van der Waals surface area contributed by atoms with Crippen LogP contribution in [0.25, 0.3) is 0 Å². The fourth-order valence-corrected chi connectivity index (χ4v) is 5.00. The van der Waals surface area contributed by atoms with E-state index < -0.39 is 21.9 Å². The van der Waals surface area contributed by atoms with E-state index in [1.165, 1.54) is 12.1 Å². The normalized spacial score (nSPS) is 18.2. The summed E-state index contributed by atoms with van der Waals surface area (Å²) in [4.78, 5) is 37.5. The molecule has 1 aliphatic rings. The number of rotatable bonds is 8. The molecule has 0 spiro atoms. The zero-order valence-electron chi connectivity index (χ0n) is 18.2. The van der Waals surface area contributed by atoms with Crippen LogP contribution in [0.15, 0.2) is 54.6 Å². The van der Waals surface area contributed by atoms with Gasteiger partial charge in [0.25, 0.3) is 5.69 Å². The van der Waals surface area contributed by atoms with Crippen LogP contribution >= 0.6 is 11.8 Å². The first-order valence-corrected chi connectivity index (χ1v) is 11.5. The van der Waals surface area contributed by atoms with Gasteiger partial charge >= 0.3 is 0 Å². The van der Waals surface area contributed by atoms with Crippen molar-refractivity contribution in [2.24, 2.45) is 5.73 Å². The molecule has 2 amide bonds. The Morgan fingerprint density at radius 3 is 2.47 bits per heavy atom. The van der Waals surface area contributed by atoms with E-state index in [4.69, 9.17) is 5.73 Å².